The lowest BCUT2D eigenvalue weighted by Gasteiger charge is -2.18. The molecule has 2 aromatic rings. The average Bonchev–Trinajstić information content (AvgIpc) is 2.87. The predicted octanol–water partition coefficient (Wildman–Crippen LogP) is 3.91. The Kier molecular flexibility index (Phi) is 5.51. The third-order valence-electron chi connectivity index (χ3n) is 4.29. The van der Waals surface area contributed by atoms with Gasteiger partial charge in [0.2, 0.25) is 0 Å². The minimum atomic E-state index is -1.17. The van der Waals surface area contributed by atoms with Gasteiger partial charge in [0.1, 0.15) is 5.76 Å². The van der Waals surface area contributed by atoms with E-state index in [2.05, 4.69) is 0 Å². The van der Waals surface area contributed by atoms with E-state index in [1.165, 1.54) is 12.8 Å². The van der Waals surface area contributed by atoms with Crippen molar-refractivity contribution in [1.82, 2.24) is 4.90 Å². The van der Waals surface area contributed by atoms with E-state index >= 15 is 0 Å². The lowest BCUT2D eigenvalue weighted by Crippen LogP contribution is -2.31. The van der Waals surface area contributed by atoms with Crippen molar-refractivity contribution in [1.29, 1.82) is 0 Å². The highest BCUT2D eigenvalue weighted by Gasteiger charge is 2.20. The van der Waals surface area contributed by atoms with Gasteiger partial charge < -0.3 is 9.32 Å². The summed E-state index contributed by atoms with van der Waals surface area (Å²) in [4.78, 5) is 15.2. The first-order chi connectivity index (χ1) is 11.6. The second-order valence-corrected chi connectivity index (χ2v) is 7.73. The van der Waals surface area contributed by atoms with Crippen LogP contribution in [0.25, 0.3) is 0 Å². The van der Waals surface area contributed by atoms with Gasteiger partial charge in [0.05, 0.1) is 16.6 Å². The van der Waals surface area contributed by atoms with Crippen LogP contribution in [0.5, 0.6) is 0 Å². The topological polar surface area (TPSA) is 50.5 Å². The number of carbonyl (C=O) groups is 1. The maximum absolute atomic E-state index is 12.5. The third kappa shape index (κ3) is 4.15. The Balaban J connectivity index is 1.66. The van der Waals surface area contributed by atoms with Crippen LogP contribution in [0, 0.1) is 6.92 Å². The standard InChI is InChI=1S/C19H23NO3S/c1-15-7-6-8-17(13-15)24(22)14-16-9-10-18(23-16)19(21)20-11-4-2-3-5-12-20/h6-10,13H,2-5,11-12,14H2,1H3/t24-/m0/s1. The highest BCUT2D eigenvalue weighted by molar-refractivity contribution is 7.84. The Labute approximate surface area is 145 Å². The number of carbonyl (C=O) groups excluding carboxylic acids is 1. The van der Waals surface area contributed by atoms with Gasteiger partial charge in [-0.15, -0.1) is 0 Å². The van der Waals surface area contributed by atoms with Gasteiger partial charge in [-0.2, -0.15) is 0 Å². The minimum Gasteiger partial charge on any atom is -0.455 e. The molecule has 1 aliphatic rings. The van der Waals surface area contributed by atoms with Gasteiger partial charge in [-0.25, -0.2) is 0 Å². The van der Waals surface area contributed by atoms with Gasteiger partial charge in [-0.3, -0.25) is 9.00 Å². The van der Waals surface area contributed by atoms with Gasteiger partial charge in [-0.05, 0) is 49.6 Å². The molecule has 1 aromatic carbocycles. The Morgan fingerprint density at radius 1 is 1.12 bits per heavy atom. The molecular weight excluding hydrogens is 322 g/mol. The Morgan fingerprint density at radius 3 is 2.58 bits per heavy atom. The van der Waals surface area contributed by atoms with Crippen molar-refractivity contribution in [3.8, 4) is 0 Å². The highest BCUT2D eigenvalue weighted by atomic mass is 32.2. The van der Waals surface area contributed by atoms with Crippen LogP contribution in [-0.4, -0.2) is 28.1 Å². The second kappa shape index (κ2) is 7.79. The van der Waals surface area contributed by atoms with Gasteiger partial charge in [-0.1, -0.05) is 25.0 Å². The largest absolute Gasteiger partial charge is 0.455 e. The van der Waals surface area contributed by atoms with E-state index in [0.29, 0.717) is 11.5 Å². The van der Waals surface area contributed by atoms with Crippen LogP contribution >= 0.6 is 0 Å². The van der Waals surface area contributed by atoms with Crippen molar-refractivity contribution in [2.24, 2.45) is 0 Å². The number of likely N-dealkylation sites (tertiary alicyclic amines) is 1. The summed E-state index contributed by atoms with van der Waals surface area (Å²) in [6.45, 7) is 3.57. The molecule has 128 valence electrons. The maximum Gasteiger partial charge on any atom is 0.289 e. The van der Waals surface area contributed by atoms with Crippen molar-refractivity contribution < 1.29 is 13.4 Å². The molecule has 0 saturated carbocycles. The molecule has 2 heterocycles. The van der Waals surface area contributed by atoms with Gasteiger partial charge >= 0.3 is 0 Å². The lowest BCUT2D eigenvalue weighted by molar-refractivity contribution is 0.0728. The molecule has 0 radical (unpaired) electrons. The number of aryl methyl sites for hydroxylation is 1. The molecule has 1 amide bonds. The molecule has 0 unspecified atom stereocenters. The monoisotopic (exact) mass is 345 g/mol. The molecule has 4 nitrogen and oxygen atoms in total. The van der Waals surface area contributed by atoms with Crippen LogP contribution in [0.4, 0.5) is 0 Å². The number of hydrogen-bond donors (Lipinski definition) is 0. The van der Waals surface area contributed by atoms with Crippen LogP contribution in [0.1, 0.15) is 47.6 Å². The molecule has 0 spiro atoms. The summed E-state index contributed by atoms with van der Waals surface area (Å²) >= 11 is 0. The number of rotatable bonds is 4. The molecular formula is C19H23NO3S. The van der Waals surface area contributed by atoms with E-state index in [-0.39, 0.29) is 11.7 Å². The van der Waals surface area contributed by atoms with Gasteiger partial charge in [0.25, 0.3) is 5.91 Å². The molecule has 0 N–H and O–H groups in total. The molecule has 0 bridgehead atoms. The zero-order valence-electron chi connectivity index (χ0n) is 14.0. The predicted molar refractivity (Wildman–Crippen MR) is 94.4 cm³/mol. The van der Waals surface area contributed by atoms with E-state index in [4.69, 9.17) is 4.42 Å². The summed E-state index contributed by atoms with van der Waals surface area (Å²) in [5.74, 6) is 1.18. The summed E-state index contributed by atoms with van der Waals surface area (Å²) in [6, 6.07) is 11.1. The fourth-order valence-electron chi connectivity index (χ4n) is 2.97. The summed E-state index contributed by atoms with van der Waals surface area (Å²) < 4.78 is 18.1. The first kappa shape index (κ1) is 17.0. The van der Waals surface area contributed by atoms with E-state index < -0.39 is 10.8 Å². The Morgan fingerprint density at radius 2 is 1.88 bits per heavy atom. The molecule has 1 saturated heterocycles. The van der Waals surface area contributed by atoms with Crippen LogP contribution in [0.2, 0.25) is 0 Å². The summed E-state index contributed by atoms with van der Waals surface area (Å²) in [5, 5.41) is 0. The molecule has 5 heteroatoms. The zero-order chi connectivity index (χ0) is 16.9. The number of nitrogens with zero attached hydrogens (tertiary/aromatic N) is 1. The van der Waals surface area contributed by atoms with Gasteiger partial charge in [0, 0.05) is 18.0 Å². The van der Waals surface area contributed by atoms with E-state index in [1.54, 1.807) is 12.1 Å². The fraction of sp³-hybridized carbons (Fsp3) is 0.421. The first-order valence-electron chi connectivity index (χ1n) is 8.46. The smallest absolute Gasteiger partial charge is 0.289 e. The number of hydrogen-bond acceptors (Lipinski definition) is 3. The van der Waals surface area contributed by atoms with Crippen molar-refractivity contribution in [2.75, 3.05) is 13.1 Å². The zero-order valence-corrected chi connectivity index (χ0v) is 14.8. The van der Waals surface area contributed by atoms with Crippen LogP contribution < -0.4 is 0 Å². The fourth-order valence-corrected chi connectivity index (χ4v) is 4.10. The van der Waals surface area contributed by atoms with E-state index in [9.17, 15) is 9.00 Å². The summed E-state index contributed by atoms with van der Waals surface area (Å²) in [7, 11) is -1.17. The number of furan rings is 1. The van der Waals surface area contributed by atoms with Crippen LogP contribution in [0.15, 0.2) is 45.7 Å². The maximum atomic E-state index is 12.5. The van der Waals surface area contributed by atoms with Crippen molar-refractivity contribution >= 4 is 16.7 Å². The van der Waals surface area contributed by atoms with Crippen molar-refractivity contribution in [2.45, 2.75) is 43.3 Å². The Hall–Kier alpha value is -1.88. The average molecular weight is 345 g/mol. The first-order valence-corrected chi connectivity index (χ1v) is 9.78. The minimum absolute atomic E-state index is 0.0514. The SMILES string of the molecule is Cc1cccc([S@@](=O)Cc2ccc(C(=O)N3CCCCCC3)o2)c1. The van der Waals surface area contributed by atoms with E-state index in [0.717, 1.165) is 36.4 Å². The summed E-state index contributed by atoms with van der Waals surface area (Å²) in [5.41, 5.74) is 1.08. The molecule has 3 rings (SSSR count). The molecule has 1 atom stereocenters. The summed E-state index contributed by atoms with van der Waals surface area (Å²) in [6.07, 6.45) is 4.47. The number of amides is 1. The molecule has 1 aliphatic heterocycles. The van der Waals surface area contributed by atoms with E-state index in [1.807, 2.05) is 36.1 Å². The molecule has 1 fully saturated rings. The third-order valence-corrected chi connectivity index (χ3v) is 5.62. The Bertz CT molecular complexity index is 730. The molecule has 1 aromatic heterocycles. The van der Waals surface area contributed by atoms with Crippen LogP contribution in [-0.2, 0) is 16.6 Å². The molecule has 24 heavy (non-hydrogen) atoms. The lowest BCUT2D eigenvalue weighted by atomic mass is 10.2. The molecule has 0 aliphatic carbocycles. The van der Waals surface area contributed by atoms with Crippen molar-refractivity contribution in [3.05, 3.63) is 53.5 Å². The highest BCUT2D eigenvalue weighted by Crippen LogP contribution is 2.18. The van der Waals surface area contributed by atoms with Crippen LogP contribution in [0.3, 0.4) is 0 Å². The van der Waals surface area contributed by atoms with Crippen molar-refractivity contribution in [3.63, 3.8) is 0 Å². The normalized spacial score (nSPS) is 16.6. The second-order valence-electron chi connectivity index (χ2n) is 6.28. The quantitative estimate of drug-likeness (QED) is 0.844. The van der Waals surface area contributed by atoms with Gasteiger partial charge in [0.15, 0.2) is 5.76 Å². The number of benzene rings is 1.